The van der Waals surface area contributed by atoms with Crippen LogP contribution in [-0.2, 0) is 4.74 Å². The highest BCUT2D eigenvalue weighted by Crippen LogP contribution is 2.03. The summed E-state index contributed by atoms with van der Waals surface area (Å²) in [5, 5.41) is 2.92. The number of nitrogens with one attached hydrogen (secondary N) is 2. The molecule has 2 aromatic rings. The molecule has 5 nitrogen and oxygen atoms in total. The molecule has 1 amide bonds. The molecule has 3 rings (SSSR count). The van der Waals surface area contributed by atoms with E-state index in [0.717, 1.165) is 4.90 Å². The minimum atomic E-state index is -0.607. The Balaban J connectivity index is 1.82. The molecular formula is C19H21N2O3+. The molecule has 1 unspecified atom stereocenters. The van der Waals surface area contributed by atoms with Gasteiger partial charge in [-0.05, 0) is 12.1 Å². The quantitative estimate of drug-likeness (QED) is 0.789. The Morgan fingerprint density at radius 2 is 1.42 bits per heavy atom. The highest BCUT2D eigenvalue weighted by Gasteiger charge is 2.33. The van der Waals surface area contributed by atoms with E-state index >= 15 is 0 Å². The molecule has 124 valence electrons. The average molecular weight is 325 g/mol. The van der Waals surface area contributed by atoms with E-state index in [2.05, 4.69) is 5.32 Å². The summed E-state index contributed by atoms with van der Waals surface area (Å²) >= 11 is 0. The van der Waals surface area contributed by atoms with Gasteiger partial charge < -0.3 is 9.64 Å². The zero-order valence-corrected chi connectivity index (χ0v) is 13.4. The minimum Gasteiger partial charge on any atom is -0.370 e. The first-order valence-electron chi connectivity index (χ1n) is 8.13. The number of hydrogen-bond donors (Lipinski definition) is 2. The van der Waals surface area contributed by atoms with Crippen LogP contribution in [0.4, 0.5) is 0 Å². The van der Waals surface area contributed by atoms with Crippen molar-refractivity contribution >= 4 is 11.7 Å². The van der Waals surface area contributed by atoms with Crippen molar-refractivity contribution in [1.82, 2.24) is 5.32 Å². The van der Waals surface area contributed by atoms with Crippen molar-refractivity contribution in [1.29, 1.82) is 0 Å². The average Bonchev–Trinajstić information content (AvgIpc) is 2.67. The molecule has 1 fully saturated rings. The third-order valence-corrected chi connectivity index (χ3v) is 4.18. The van der Waals surface area contributed by atoms with Gasteiger partial charge in [-0.3, -0.25) is 14.9 Å². The van der Waals surface area contributed by atoms with Crippen LogP contribution in [0, 0.1) is 0 Å². The molecule has 2 N–H and O–H groups in total. The molecule has 1 aliphatic heterocycles. The zero-order chi connectivity index (χ0) is 16.8. The molecular weight excluding hydrogens is 304 g/mol. The molecule has 0 saturated carbocycles. The Bertz CT molecular complexity index is 682. The second-order valence-electron chi connectivity index (χ2n) is 5.77. The molecule has 2 aromatic carbocycles. The van der Waals surface area contributed by atoms with Crippen LogP contribution in [0.2, 0.25) is 0 Å². The molecule has 1 heterocycles. The third kappa shape index (κ3) is 3.88. The SMILES string of the molecule is O=C(NC(C(=O)c1ccccc1)[NH+]1CCOCC1)c1ccccc1. The van der Waals surface area contributed by atoms with Crippen LogP contribution in [0.25, 0.3) is 0 Å². The fourth-order valence-electron chi connectivity index (χ4n) is 2.85. The maximum Gasteiger partial charge on any atom is 0.256 e. The summed E-state index contributed by atoms with van der Waals surface area (Å²) in [5.74, 6) is -0.305. The predicted molar refractivity (Wildman–Crippen MR) is 90.0 cm³/mol. The van der Waals surface area contributed by atoms with E-state index in [1.54, 1.807) is 24.3 Å². The third-order valence-electron chi connectivity index (χ3n) is 4.18. The number of quaternary nitrogens is 1. The number of benzene rings is 2. The zero-order valence-electron chi connectivity index (χ0n) is 13.4. The topological polar surface area (TPSA) is 59.8 Å². The van der Waals surface area contributed by atoms with Gasteiger partial charge in [0.2, 0.25) is 11.9 Å². The van der Waals surface area contributed by atoms with Crippen LogP contribution in [0.1, 0.15) is 20.7 Å². The van der Waals surface area contributed by atoms with Crippen LogP contribution in [0.15, 0.2) is 60.7 Å². The van der Waals surface area contributed by atoms with E-state index in [0.29, 0.717) is 37.4 Å². The van der Waals surface area contributed by atoms with Crippen LogP contribution in [0.5, 0.6) is 0 Å². The molecule has 5 heteroatoms. The molecule has 1 saturated heterocycles. The van der Waals surface area contributed by atoms with E-state index in [1.807, 2.05) is 36.4 Å². The first-order valence-corrected chi connectivity index (χ1v) is 8.13. The standard InChI is InChI=1S/C19H20N2O3/c22-17(15-7-3-1-4-8-15)18(21-11-13-24-14-12-21)20-19(23)16-9-5-2-6-10-16/h1-10,18H,11-14H2,(H,20,23)/p+1. The Hall–Kier alpha value is -2.50. The smallest absolute Gasteiger partial charge is 0.256 e. The van der Waals surface area contributed by atoms with E-state index in [9.17, 15) is 9.59 Å². The normalized spacial score (nSPS) is 16.3. The summed E-state index contributed by atoms with van der Waals surface area (Å²) in [6.45, 7) is 2.57. The lowest BCUT2D eigenvalue weighted by Gasteiger charge is -2.30. The summed E-state index contributed by atoms with van der Waals surface area (Å²) in [5.41, 5.74) is 1.16. The second-order valence-corrected chi connectivity index (χ2v) is 5.77. The number of carbonyl (C=O) groups is 2. The first kappa shape index (κ1) is 16.4. The summed E-state index contributed by atoms with van der Waals surface area (Å²) in [6.07, 6.45) is -0.607. The summed E-state index contributed by atoms with van der Waals surface area (Å²) in [7, 11) is 0. The maximum absolute atomic E-state index is 12.9. The first-order chi connectivity index (χ1) is 11.8. The van der Waals surface area contributed by atoms with Crippen LogP contribution < -0.4 is 10.2 Å². The lowest BCUT2D eigenvalue weighted by Crippen LogP contribution is -3.20. The number of ether oxygens (including phenoxy) is 1. The number of hydrogen-bond acceptors (Lipinski definition) is 3. The lowest BCUT2D eigenvalue weighted by molar-refractivity contribution is -0.925. The van der Waals surface area contributed by atoms with Gasteiger partial charge in [0.1, 0.15) is 13.1 Å². The molecule has 0 spiro atoms. The van der Waals surface area contributed by atoms with Gasteiger partial charge >= 0.3 is 0 Å². The Kier molecular flexibility index (Phi) is 5.36. The maximum atomic E-state index is 12.9. The highest BCUT2D eigenvalue weighted by atomic mass is 16.5. The van der Waals surface area contributed by atoms with Crippen molar-refractivity contribution in [3.8, 4) is 0 Å². The van der Waals surface area contributed by atoms with Gasteiger partial charge in [-0.25, -0.2) is 0 Å². The summed E-state index contributed by atoms with van der Waals surface area (Å²) in [4.78, 5) is 26.5. The number of rotatable bonds is 5. The van der Waals surface area contributed by atoms with Gasteiger partial charge in [-0.2, -0.15) is 0 Å². The van der Waals surface area contributed by atoms with Gasteiger partial charge in [0.15, 0.2) is 0 Å². The Morgan fingerprint density at radius 1 is 0.875 bits per heavy atom. The van der Waals surface area contributed by atoms with E-state index in [4.69, 9.17) is 4.74 Å². The Labute approximate surface area is 141 Å². The Morgan fingerprint density at radius 3 is 2.00 bits per heavy atom. The van der Waals surface area contributed by atoms with Gasteiger partial charge in [-0.1, -0.05) is 48.5 Å². The van der Waals surface area contributed by atoms with Crippen LogP contribution in [-0.4, -0.2) is 44.2 Å². The molecule has 0 bridgehead atoms. The summed E-state index contributed by atoms with van der Waals surface area (Å²) in [6, 6.07) is 18.1. The number of carbonyl (C=O) groups excluding carboxylic acids is 2. The largest absolute Gasteiger partial charge is 0.370 e. The number of amides is 1. The minimum absolute atomic E-state index is 0.0724. The van der Waals surface area contributed by atoms with Crippen molar-refractivity contribution in [2.24, 2.45) is 0 Å². The second kappa shape index (κ2) is 7.86. The van der Waals surface area contributed by atoms with Crippen molar-refractivity contribution in [3.05, 3.63) is 71.8 Å². The molecule has 1 atom stereocenters. The van der Waals surface area contributed by atoms with E-state index < -0.39 is 6.17 Å². The lowest BCUT2D eigenvalue weighted by atomic mass is 10.1. The van der Waals surface area contributed by atoms with Crippen molar-refractivity contribution in [3.63, 3.8) is 0 Å². The molecule has 24 heavy (non-hydrogen) atoms. The monoisotopic (exact) mass is 325 g/mol. The van der Waals surface area contributed by atoms with Gasteiger partial charge in [-0.15, -0.1) is 0 Å². The van der Waals surface area contributed by atoms with E-state index in [-0.39, 0.29) is 11.7 Å². The number of Topliss-reactive ketones (excluding diaryl/α,β-unsaturated/α-hetero) is 1. The van der Waals surface area contributed by atoms with Gasteiger partial charge in [0, 0.05) is 11.1 Å². The molecule has 0 aromatic heterocycles. The van der Waals surface area contributed by atoms with Crippen molar-refractivity contribution in [2.75, 3.05) is 26.3 Å². The number of ketones is 1. The highest BCUT2D eigenvalue weighted by molar-refractivity contribution is 6.03. The fraction of sp³-hybridized carbons (Fsp3) is 0.263. The fourth-order valence-corrected chi connectivity index (χ4v) is 2.85. The predicted octanol–water partition coefficient (Wildman–Crippen LogP) is 0.541. The molecule has 0 aliphatic carbocycles. The van der Waals surface area contributed by atoms with E-state index in [1.165, 1.54) is 0 Å². The van der Waals surface area contributed by atoms with Crippen molar-refractivity contribution in [2.45, 2.75) is 6.17 Å². The summed E-state index contributed by atoms with van der Waals surface area (Å²) < 4.78 is 5.38. The molecule has 0 radical (unpaired) electrons. The van der Waals surface area contributed by atoms with Crippen molar-refractivity contribution < 1.29 is 19.2 Å². The van der Waals surface area contributed by atoms with Crippen LogP contribution >= 0.6 is 0 Å². The van der Waals surface area contributed by atoms with Gasteiger partial charge in [0.25, 0.3) is 5.91 Å². The molecule has 1 aliphatic rings. The van der Waals surface area contributed by atoms with Crippen LogP contribution in [0.3, 0.4) is 0 Å². The van der Waals surface area contributed by atoms with Gasteiger partial charge in [0.05, 0.1) is 13.2 Å². The number of morpholine rings is 1.